The summed E-state index contributed by atoms with van der Waals surface area (Å²) in [6.07, 6.45) is 0.694. The molecule has 1 aliphatic rings. The molecule has 9 heteroatoms. The highest BCUT2D eigenvalue weighted by Gasteiger charge is 2.20. The summed E-state index contributed by atoms with van der Waals surface area (Å²) >= 11 is 7.41. The van der Waals surface area contributed by atoms with Crippen molar-refractivity contribution >= 4 is 34.2 Å². The molecule has 1 aromatic heterocycles. The first-order valence-electron chi connectivity index (χ1n) is 10.6. The van der Waals surface area contributed by atoms with E-state index in [0.717, 1.165) is 55.0 Å². The van der Waals surface area contributed by atoms with Crippen LogP contribution in [0, 0.1) is 0 Å². The van der Waals surface area contributed by atoms with Gasteiger partial charge in [-0.2, -0.15) is 4.37 Å². The number of rotatable bonds is 8. The molecule has 32 heavy (non-hydrogen) atoms. The largest absolute Gasteiger partial charge is 0.497 e. The topological polar surface area (TPSA) is 70.6 Å². The molecule has 4 rings (SSSR count). The summed E-state index contributed by atoms with van der Waals surface area (Å²) in [6.45, 7) is 5.08. The zero-order valence-corrected chi connectivity index (χ0v) is 19.5. The summed E-state index contributed by atoms with van der Waals surface area (Å²) in [7, 11) is 1.67. The van der Waals surface area contributed by atoms with E-state index in [1.165, 1.54) is 11.5 Å². The van der Waals surface area contributed by atoms with Gasteiger partial charge < -0.3 is 15.0 Å². The van der Waals surface area contributed by atoms with Gasteiger partial charge in [0.15, 0.2) is 0 Å². The Balaban J connectivity index is 1.21. The number of carbonyl (C=O) groups excluding carboxylic acids is 1. The number of nitrogens with one attached hydrogen (secondary N) is 1. The second-order valence-corrected chi connectivity index (χ2v) is 8.78. The standard InChI is InChI=1S/C23H26ClN5O2S/c1-31-20-7-2-4-17(14-20)15-21-26-23(32-27-21)29-12-10-28(11-13-29)9-8-25-22(30)18-5-3-6-19(24)16-18/h2-7,14,16H,8-13,15H2,1H3,(H,25,30). The molecule has 1 N–H and O–H groups in total. The van der Waals surface area contributed by atoms with E-state index in [1.807, 2.05) is 18.2 Å². The number of hydrogen-bond donors (Lipinski definition) is 1. The Morgan fingerprint density at radius 3 is 2.75 bits per heavy atom. The van der Waals surface area contributed by atoms with Gasteiger partial charge in [0.25, 0.3) is 5.91 Å². The second-order valence-electron chi connectivity index (χ2n) is 7.62. The Hall–Kier alpha value is -2.68. The lowest BCUT2D eigenvalue weighted by Gasteiger charge is -2.34. The van der Waals surface area contributed by atoms with Gasteiger partial charge in [-0.3, -0.25) is 9.69 Å². The summed E-state index contributed by atoms with van der Waals surface area (Å²) in [5, 5.41) is 4.50. The minimum Gasteiger partial charge on any atom is -0.497 e. The number of methoxy groups -OCH3 is 1. The minimum absolute atomic E-state index is 0.0939. The third-order valence-electron chi connectivity index (χ3n) is 5.40. The van der Waals surface area contributed by atoms with E-state index >= 15 is 0 Å². The van der Waals surface area contributed by atoms with Crippen LogP contribution in [0.15, 0.2) is 48.5 Å². The highest BCUT2D eigenvalue weighted by molar-refractivity contribution is 7.09. The smallest absolute Gasteiger partial charge is 0.251 e. The maximum absolute atomic E-state index is 12.2. The van der Waals surface area contributed by atoms with Gasteiger partial charge in [-0.1, -0.05) is 29.8 Å². The van der Waals surface area contributed by atoms with E-state index in [0.29, 0.717) is 23.6 Å². The Bertz CT molecular complexity index is 1050. The zero-order valence-electron chi connectivity index (χ0n) is 18.0. The molecule has 0 saturated carbocycles. The van der Waals surface area contributed by atoms with Crippen LogP contribution < -0.4 is 15.0 Å². The second kappa shape index (κ2) is 10.8. The average molecular weight is 472 g/mol. The van der Waals surface area contributed by atoms with Crippen molar-refractivity contribution in [3.8, 4) is 5.75 Å². The summed E-state index contributed by atoms with van der Waals surface area (Å²) in [4.78, 5) is 21.6. The van der Waals surface area contributed by atoms with Gasteiger partial charge >= 0.3 is 0 Å². The number of carbonyl (C=O) groups is 1. The van der Waals surface area contributed by atoms with E-state index in [1.54, 1.807) is 31.4 Å². The van der Waals surface area contributed by atoms with Crippen LogP contribution in [-0.4, -0.2) is 66.5 Å². The first-order valence-corrected chi connectivity index (χ1v) is 11.7. The van der Waals surface area contributed by atoms with Crippen LogP contribution in [0.2, 0.25) is 5.02 Å². The summed E-state index contributed by atoms with van der Waals surface area (Å²) < 4.78 is 9.83. The molecule has 1 fully saturated rings. The van der Waals surface area contributed by atoms with Gasteiger partial charge in [-0.15, -0.1) is 0 Å². The Morgan fingerprint density at radius 2 is 1.97 bits per heavy atom. The molecule has 1 saturated heterocycles. The number of piperazine rings is 1. The fraction of sp³-hybridized carbons (Fsp3) is 0.348. The van der Waals surface area contributed by atoms with Gasteiger partial charge in [0, 0.05) is 67.8 Å². The number of nitrogens with zero attached hydrogens (tertiary/aromatic N) is 4. The molecule has 0 unspecified atom stereocenters. The summed E-state index contributed by atoms with van der Waals surface area (Å²) in [6, 6.07) is 15.0. The molecule has 0 bridgehead atoms. The van der Waals surface area contributed by atoms with E-state index in [9.17, 15) is 4.79 Å². The predicted octanol–water partition coefficient (Wildman–Crippen LogP) is 3.34. The monoisotopic (exact) mass is 471 g/mol. The number of ether oxygens (including phenoxy) is 1. The van der Waals surface area contributed by atoms with E-state index in [2.05, 4.69) is 25.6 Å². The predicted molar refractivity (Wildman–Crippen MR) is 128 cm³/mol. The molecule has 2 aromatic carbocycles. The normalized spacial score (nSPS) is 14.4. The molecule has 168 valence electrons. The van der Waals surface area contributed by atoms with Crippen molar-refractivity contribution in [2.75, 3.05) is 51.3 Å². The van der Waals surface area contributed by atoms with E-state index in [4.69, 9.17) is 21.3 Å². The first-order chi connectivity index (χ1) is 15.6. The molecule has 0 aliphatic carbocycles. The van der Waals surface area contributed by atoms with Crippen molar-refractivity contribution in [3.63, 3.8) is 0 Å². The van der Waals surface area contributed by atoms with Crippen molar-refractivity contribution in [2.45, 2.75) is 6.42 Å². The van der Waals surface area contributed by atoms with Gasteiger partial charge in [-0.25, -0.2) is 4.98 Å². The minimum atomic E-state index is -0.0939. The number of hydrogen-bond acceptors (Lipinski definition) is 7. The molecule has 1 amide bonds. The fourth-order valence-corrected chi connectivity index (χ4v) is 4.56. The highest BCUT2D eigenvalue weighted by Crippen LogP contribution is 2.21. The van der Waals surface area contributed by atoms with Gasteiger partial charge in [0.05, 0.1) is 7.11 Å². The van der Waals surface area contributed by atoms with Crippen molar-refractivity contribution < 1.29 is 9.53 Å². The highest BCUT2D eigenvalue weighted by atomic mass is 35.5. The zero-order chi connectivity index (χ0) is 22.3. The first kappa shape index (κ1) is 22.5. The third kappa shape index (κ3) is 5.97. The van der Waals surface area contributed by atoms with Crippen LogP contribution in [0.25, 0.3) is 0 Å². The number of halogens is 1. The Morgan fingerprint density at radius 1 is 1.16 bits per heavy atom. The molecular weight excluding hydrogens is 446 g/mol. The Kier molecular flexibility index (Phi) is 7.57. The molecule has 0 radical (unpaired) electrons. The summed E-state index contributed by atoms with van der Waals surface area (Å²) in [5.41, 5.74) is 1.72. The van der Waals surface area contributed by atoms with Crippen molar-refractivity contribution in [3.05, 3.63) is 70.5 Å². The van der Waals surface area contributed by atoms with Crippen LogP contribution in [0.3, 0.4) is 0 Å². The third-order valence-corrected chi connectivity index (χ3v) is 6.45. The van der Waals surface area contributed by atoms with Crippen LogP contribution in [0.4, 0.5) is 5.13 Å². The molecule has 1 aliphatic heterocycles. The maximum atomic E-state index is 12.2. The van der Waals surface area contributed by atoms with Crippen LogP contribution in [-0.2, 0) is 6.42 Å². The van der Waals surface area contributed by atoms with Crippen molar-refractivity contribution in [1.82, 2.24) is 19.6 Å². The van der Waals surface area contributed by atoms with Gasteiger partial charge in [0.1, 0.15) is 11.6 Å². The quantitative estimate of drug-likeness (QED) is 0.543. The van der Waals surface area contributed by atoms with Crippen molar-refractivity contribution in [1.29, 1.82) is 0 Å². The lowest BCUT2D eigenvalue weighted by atomic mass is 10.1. The molecule has 7 nitrogen and oxygen atoms in total. The van der Waals surface area contributed by atoms with Gasteiger partial charge in [0.2, 0.25) is 5.13 Å². The molecule has 0 spiro atoms. The summed E-state index contributed by atoms with van der Waals surface area (Å²) in [5.74, 6) is 1.59. The van der Waals surface area contributed by atoms with Crippen LogP contribution in [0.1, 0.15) is 21.7 Å². The van der Waals surface area contributed by atoms with E-state index in [-0.39, 0.29) is 5.91 Å². The average Bonchev–Trinajstić information content (AvgIpc) is 3.28. The molecule has 0 atom stereocenters. The van der Waals surface area contributed by atoms with Gasteiger partial charge in [-0.05, 0) is 35.9 Å². The number of amides is 1. The number of anilines is 1. The van der Waals surface area contributed by atoms with Crippen LogP contribution >= 0.6 is 23.1 Å². The molecule has 3 aromatic rings. The lowest BCUT2D eigenvalue weighted by molar-refractivity contribution is 0.0948. The molecule has 2 heterocycles. The fourth-order valence-electron chi connectivity index (χ4n) is 3.63. The lowest BCUT2D eigenvalue weighted by Crippen LogP contribution is -2.48. The number of benzene rings is 2. The number of aromatic nitrogens is 2. The van der Waals surface area contributed by atoms with Crippen LogP contribution in [0.5, 0.6) is 5.75 Å². The van der Waals surface area contributed by atoms with Crippen molar-refractivity contribution in [2.24, 2.45) is 0 Å². The SMILES string of the molecule is COc1cccc(Cc2nsc(N3CCN(CCNC(=O)c4cccc(Cl)c4)CC3)n2)c1. The Labute approximate surface area is 197 Å². The van der Waals surface area contributed by atoms with E-state index < -0.39 is 0 Å². The molecular formula is C23H26ClN5O2S. The maximum Gasteiger partial charge on any atom is 0.251 e.